The van der Waals surface area contributed by atoms with E-state index in [1.165, 1.54) is 0 Å². The van der Waals surface area contributed by atoms with Crippen LogP contribution in [0.5, 0.6) is 0 Å². The molecule has 1 amide bonds. The second-order valence-electron chi connectivity index (χ2n) is 8.13. The average Bonchev–Trinajstić information content (AvgIpc) is 3.42. The zero-order valence-corrected chi connectivity index (χ0v) is 17.9. The Balaban J connectivity index is 1.64. The Morgan fingerprint density at radius 1 is 1.10 bits per heavy atom. The van der Waals surface area contributed by atoms with Crippen molar-refractivity contribution in [1.82, 2.24) is 24.6 Å². The normalized spacial score (nSPS) is 17.4. The van der Waals surface area contributed by atoms with Crippen LogP contribution in [0.4, 0.5) is 0 Å². The number of carbonyl (C=O) groups excluding carboxylic acids is 1. The highest BCUT2D eigenvalue weighted by molar-refractivity contribution is 6.07. The van der Waals surface area contributed by atoms with Gasteiger partial charge in [0.25, 0.3) is 5.91 Å². The molecule has 1 aromatic carbocycles. The third kappa shape index (κ3) is 3.41. The molecule has 1 unspecified atom stereocenters. The zero-order chi connectivity index (χ0) is 21.5. The minimum absolute atomic E-state index is 0.00161. The van der Waals surface area contributed by atoms with E-state index in [9.17, 15) is 4.79 Å². The van der Waals surface area contributed by atoms with E-state index in [0.717, 1.165) is 29.7 Å². The molecule has 7 heteroatoms. The standard InChI is InChI=1S/C24H25N5O2/c1-16-22-18(14-19(21-10-7-13-31-21)25-23(22)28(3)26-16)24(30)29-12-11-27(2)15-20(29)17-8-5-4-6-9-17/h4-10,13-14,20H,11-12,15H2,1-3H3. The Kier molecular flexibility index (Phi) is 4.82. The zero-order valence-electron chi connectivity index (χ0n) is 17.9. The van der Waals surface area contributed by atoms with Gasteiger partial charge >= 0.3 is 0 Å². The van der Waals surface area contributed by atoms with Gasteiger partial charge in [-0.15, -0.1) is 0 Å². The molecule has 1 fully saturated rings. The molecule has 0 saturated carbocycles. The van der Waals surface area contributed by atoms with Gasteiger partial charge in [-0.1, -0.05) is 30.3 Å². The molecule has 4 heterocycles. The SMILES string of the molecule is Cc1nn(C)c2nc(-c3ccco3)cc(C(=O)N3CCN(C)CC3c3ccccc3)c12. The number of aryl methyl sites for hydroxylation is 2. The Morgan fingerprint density at radius 2 is 1.90 bits per heavy atom. The first-order valence-corrected chi connectivity index (χ1v) is 10.5. The summed E-state index contributed by atoms with van der Waals surface area (Å²) < 4.78 is 7.30. The predicted molar refractivity (Wildman–Crippen MR) is 119 cm³/mol. The maximum absolute atomic E-state index is 14.0. The summed E-state index contributed by atoms with van der Waals surface area (Å²) in [6.45, 7) is 4.21. The molecule has 0 radical (unpaired) electrons. The molecule has 0 bridgehead atoms. The number of furan rings is 1. The molecule has 1 aliphatic heterocycles. The molecule has 1 aliphatic rings. The van der Waals surface area contributed by atoms with Crippen molar-refractivity contribution in [3.63, 3.8) is 0 Å². The molecule has 0 N–H and O–H groups in total. The van der Waals surface area contributed by atoms with E-state index in [4.69, 9.17) is 9.40 Å². The number of likely N-dealkylation sites (N-methyl/N-ethyl adjacent to an activating group) is 1. The number of benzene rings is 1. The Labute approximate surface area is 180 Å². The van der Waals surface area contributed by atoms with Crippen molar-refractivity contribution in [2.45, 2.75) is 13.0 Å². The van der Waals surface area contributed by atoms with Crippen LogP contribution in [-0.2, 0) is 7.05 Å². The fraction of sp³-hybridized carbons (Fsp3) is 0.292. The number of piperazine rings is 1. The number of hydrogen-bond donors (Lipinski definition) is 0. The van der Waals surface area contributed by atoms with Gasteiger partial charge in [-0.05, 0) is 37.7 Å². The fourth-order valence-corrected chi connectivity index (χ4v) is 4.44. The van der Waals surface area contributed by atoms with Crippen molar-refractivity contribution < 1.29 is 9.21 Å². The molecule has 1 atom stereocenters. The number of amides is 1. The van der Waals surface area contributed by atoms with Crippen molar-refractivity contribution in [2.24, 2.45) is 7.05 Å². The molecule has 158 valence electrons. The van der Waals surface area contributed by atoms with Crippen LogP contribution in [0.3, 0.4) is 0 Å². The van der Waals surface area contributed by atoms with Crippen molar-refractivity contribution >= 4 is 16.9 Å². The van der Waals surface area contributed by atoms with Gasteiger partial charge in [0.1, 0.15) is 5.69 Å². The highest BCUT2D eigenvalue weighted by atomic mass is 16.3. The highest BCUT2D eigenvalue weighted by Crippen LogP contribution is 2.32. The van der Waals surface area contributed by atoms with E-state index in [2.05, 4.69) is 29.2 Å². The van der Waals surface area contributed by atoms with Gasteiger partial charge in [-0.2, -0.15) is 5.10 Å². The van der Waals surface area contributed by atoms with Crippen LogP contribution in [0.15, 0.2) is 59.2 Å². The number of pyridine rings is 1. The van der Waals surface area contributed by atoms with E-state index < -0.39 is 0 Å². The van der Waals surface area contributed by atoms with E-state index in [-0.39, 0.29) is 11.9 Å². The summed E-state index contributed by atoms with van der Waals surface area (Å²) in [5.74, 6) is 0.631. The fourth-order valence-electron chi connectivity index (χ4n) is 4.44. The number of fused-ring (bicyclic) bond motifs is 1. The van der Waals surface area contributed by atoms with Gasteiger partial charge in [-0.25, -0.2) is 4.98 Å². The lowest BCUT2D eigenvalue weighted by Crippen LogP contribution is -2.49. The molecule has 0 aliphatic carbocycles. The minimum atomic E-state index is -0.0142. The second-order valence-corrected chi connectivity index (χ2v) is 8.13. The average molecular weight is 415 g/mol. The number of rotatable bonds is 3. The van der Waals surface area contributed by atoms with Gasteiger partial charge in [-0.3, -0.25) is 9.48 Å². The molecular weight excluding hydrogens is 390 g/mol. The first-order chi connectivity index (χ1) is 15.0. The largest absolute Gasteiger partial charge is 0.463 e. The Hall–Kier alpha value is -3.45. The van der Waals surface area contributed by atoms with Crippen molar-refractivity contribution in [1.29, 1.82) is 0 Å². The highest BCUT2D eigenvalue weighted by Gasteiger charge is 2.33. The Morgan fingerprint density at radius 3 is 2.65 bits per heavy atom. The van der Waals surface area contributed by atoms with Crippen LogP contribution in [-0.4, -0.2) is 57.2 Å². The monoisotopic (exact) mass is 415 g/mol. The van der Waals surface area contributed by atoms with Crippen LogP contribution >= 0.6 is 0 Å². The third-order valence-electron chi connectivity index (χ3n) is 6.00. The summed E-state index contributed by atoms with van der Waals surface area (Å²) in [4.78, 5) is 23.0. The van der Waals surface area contributed by atoms with Gasteiger partial charge < -0.3 is 14.2 Å². The van der Waals surface area contributed by atoms with Crippen molar-refractivity contribution in [3.05, 3.63) is 71.6 Å². The quantitative estimate of drug-likeness (QED) is 0.511. The number of aromatic nitrogens is 3. The van der Waals surface area contributed by atoms with Gasteiger partial charge in [0.15, 0.2) is 11.4 Å². The lowest BCUT2D eigenvalue weighted by atomic mass is 10.00. The third-order valence-corrected chi connectivity index (χ3v) is 6.00. The second kappa shape index (κ2) is 7.67. The predicted octanol–water partition coefficient (Wildman–Crippen LogP) is 3.67. The lowest BCUT2D eigenvalue weighted by Gasteiger charge is -2.40. The lowest BCUT2D eigenvalue weighted by molar-refractivity contribution is 0.0500. The van der Waals surface area contributed by atoms with Gasteiger partial charge in [0.2, 0.25) is 0 Å². The summed E-state index contributed by atoms with van der Waals surface area (Å²) in [6.07, 6.45) is 1.61. The summed E-state index contributed by atoms with van der Waals surface area (Å²) in [7, 11) is 3.95. The van der Waals surface area contributed by atoms with Gasteiger partial charge in [0, 0.05) is 26.7 Å². The molecule has 31 heavy (non-hydrogen) atoms. The smallest absolute Gasteiger partial charge is 0.255 e. The number of nitrogens with zero attached hydrogens (tertiary/aromatic N) is 5. The van der Waals surface area contributed by atoms with E-state index >= 15 is 0 Å². The maximum Gasteiger partial charge on any atom is 0.255 e. The molecule has 5 rings (SSSR count). The van der Waals surface area contributed by atoms with Crippen LogP contribution in [0.25, 0.3) is 22.5 Å². The molecule has 3 aromatic heterocycles. The molecule has 7 nitrogen and oxygen atoms in total. The molecule has 0 spiro atoms. The summed E-state index contributed by atoms with van der Waals surface area (Å²) in [5, 5.41) is 5.33. The van der Waals surface area contributed by atoms with Crippen molar-refractivity contribution in [2.75, 3.05) is 26.7 Å². The topological polar surface area (TPSA) is 67.4 Å². The van der Waals surface area contributed by atoms with Crippen molar-refractivity contribution in [3.8, 4) is 11.5 Å². The first-order valence-electron chi connectivity index (χ1n) is 10.5. The van der Waals surface area contributed by atoms with Crippen LogP contribution in [0, 0.1) is 6.92 Å². The van der Waals surface area contributed by atoms with Crippen LogP contribution in [0.1, 0.15) is 27.7 Å². The molecule has 1 saturated heterocycles. The number of hydrogen-bond acceptors (Lipinski definition) is 5. The molecule has 4 aromatic rings. The van der Waals surface area contributed by atoms with E-state index in [1.54, 1.807) is 10.9 Å². The van der Waals surface area contributed by atoms with Crippen LogP contribution < -0.4 is 0 Å². The number of carbonyl (C=O) groups is 1. The minimum Gasteiger partial charge on any atom is -0.463 e. The summed E-state index contributed by atoms with van der Waals surface area (Å²) >= 11 is 0. The van der Waals surface area contributed by atoms with Gasteiger partial charge in [0.05, 0.1) is 28.9 Å². The summed E-state index contributed by atoms with van der Waals surface area (Å²) in [6, 6.07) is 15.7. The van der Waals surface area contributed by atoms with E-state index in [0.29, 0.717) is 29.2 Å². The van der Waals surface area contributed by atoms with Crippen LogP contribution in [0.2, 0.25) is 0 Å². The first kappa shape index (κ1) is 19.5. The molecular formula is C24H25N5O2. The van der Waals surface area contributed by atoms with E-state index in [1.807, 2.05) is 55.3 Å². The summed E-state index contributed by atoms with van der Waals surface area (Å²) in [5.41, 5.74) is 3.87. The Bertz CT molecular complexity index is 1230. The maximum atomic E-state index is 14.0.